The molecule has 0 aromatic carbocycles. The van der Waals surface area contributed by atoms with E-state index >= 15 is 0 Å². The van der Waals surface area contributed by atoms with Gasteiger partial charge in [0.05, 0.1) is 0 Å². The summed E-state index contributed by atoms with van der Waals surface area (Å²) in [5, 5.41) is 11.2. The largest absolute Gasteiger partial charge is 1.00 e. The van der Waals surface area contributed by atoms with Gasteiger partial charge in [-0.15, -0.1) is 0 Å². The summed E-state index contributed by atoms with van der Waals surface area (Å²) in [6.07, 6.45) is 2.43. The van der Waals surface area contributed by atoms with Crippen molar-refractivity contribution < 1.29 is 38.3 Å². The van der Waals surface area contributed by atoms with Crippen LogP contribution in [0.5, 0.6) is 0 Å². The SMILES string of the molecule is CC(C)C(NC(=O)OCc1ccncc1)C(=O)O.[Li+]. The zero-order chi connectivity index (χ0) is 13.5. The fourth-order valence-electron chi connectivity index (χ4n) is 1.31. The van der Waals surface area contributed by atoms with Crippen LogP contribution in [0.15, 0.2) is 24.5 Å². The van der Waals surface area contributed by atoms with Crippen molar-refractivity contribution in [1.29, 1.82) is 0 Å². The maximum Gasteiger partial charge on any atom is 1.00 e. The van der Waals surface area contributed by atoms with Gasteiger partial charge in [0.25, 0.3) is 0 Å². The zero-order valence-electron chi connectivity index (χ0n) is 11.3. The van der Waals surface area contributed by atoms with Gasteiger partial charge in [-0.1, -0.05) is 13.8 Å². The molecule has 0 aliphatic heterocycles. The Morgan fingerprint density at radius 1 is 1.37 bits per heavy atom. The van der Waals surface area contributed by atoms with Gasteiger partial charge >= 0.3 is 30.9 Å². The Morgan fingerprint density at radius 2 is 1.95 bits per heavy atom. The molecule has 0 saturated heterocycles. The maximum atomic E-state index is 11.4. The van der Waals surface area contributed by atoms with Crippen LogP contribution in [0.25, 0.3) is 0 Å². The minimum atomic E-state index is -1.08. The standard InChI is InChI=1S/C12H16N2O4.Li/c1-8(2)10(11(15)16)14-12(17)18-7-9-3-5-13-6-4-9;/h3-6,8,10H,7H2,1-2H3,(H,14,17)(H,15,16);/q;+1. The van der Waals surface area contributed by atoms with E-state index < -0.39 is 18.1 Å². The first kappa shape index (κ1) is 17.5. The summed E-state index contributed by atoms with van der Waals surface area (Å²) in [5.74, 6) is -1.29. The fourth-order valence-corrected chi connectivity index (χ4v) is 1.31. The minimum Gasteiger partial charge on any atom is -0.480 e. The number of ether oxygens (including phenoxy) is 1. The second kappa shape index (κ2) is 8.57. The number of carbonyl (C=O) groups is 2. The number of nitrogens with zero attached hydrogens (tertiary/aromatic N) is 1. The molecule has 0 aliphatic rings. The van der Waals surface area contributed by atoms with E-state index in [1.807, 2.05) is 0 Å². The molecule has 1 rings (SSSR count). The Bertz CT molecular complexity index is 411. The molecule has 1 atom stereocenters. The molecule has 19 heavy (non-hydrogen) atoms. The third kappa shape index (κ3) is 6.27. The second-order valence-electron chi connectivity index (χ2n) is 4.14. The van der Waals surface area contributed by atoms with Gasteiger partial charge in [-0.2, -0.15) is 0 Å². The molecule has 0 fully saturated rings. The van der Waals surface area contributed by atoms with Gasteiger partial charge in [0.2, 0.25) is 0 Å². The van der Waals surface area contributed by atoms with Gasteiger partial charge < -0.3 is 15.2 Å². The average Bonchev–Trinajstić information content (AvgIpc) is 2.34. The summed E-state index contributed by atoms with van der Waals surface area (Å²) in [5.41, 5.74) is 0.788. The van der Waals surface area contributed by atoms with Gasteiger partial charge in [-0.3, -0.25) is 4.98 Å². The summed E-state index contributed by atoms with van der Waals surface area (Å²) in [7, 11) is 0. The molecule has 7 heteroatoms. The van der Waals surface area contributed by atoms with Gasteiger partial charge in [0.1, 0.15) is 12.6 Å². The van der Waals surface area contributed by atoms with Crippen LogP contribution in [0.4, 0.5) is 4.79 Å². The van der Waals surface area contributed by atoms with Gasteiger partial charge in [-0.25, -0.2) is 9.59 Å². The number of alkyl carbamates (subject to hydrolysis) is 1. The van der Waals surface area contributed by atoms with Crippen molar-refractivity contribution in [3.05, 3.63) is 30.1 Å². The molecule has 0 spiro atoms. The minimum absolute atomic E-state index is 0. The van der Waals surface area contributed by atoms with E-state index in [9.17, 15) is 9.59 Å². The van der Waals surface area contributed by atoms with Crippen molar-refractivity contribution in [3.63, 3.8) is 0 Å². The van der Waals surface area contributed by atoms with Crippen molar-refractivity contribution in [1.82, 2.24) is 10.3 Å². The molecule has 2 N–H and O–H groups in total. The van der Waals surface area contributed by atoms with Crippen LogP contribution in [-0.4, -0.2) is 28.2 Å². The first-order chi connectivity index (χ1) is 8.50. The Balaban J connectivity index is 0.00000324. The number of aliphatic carboxylic acids is 1. The molecule has 1 aromatic rings. The third-order valence-electron chi connectivity index (χ3n) is 2.33. The monoisotopic (exact) mass is 259 g/mol. The van der Waals surface area contributed by atoms with Crippen LogP contribution in [-0.2, 0) is 16.1 Å². The number of aromatic nitrogens is 1. The van der Waals surface area contributed by atoms with Crippen LogP contribution >= 0.6 is 0 Å². The van der Waals surface area contributed by atoms with Crippen LogP contribution < -0.4 is 24.2 Å². The Morgan fingerprint density at radius 3 is 2.42 bits per heavy atom. The van der Waals surface area contributed by atoms with Crippen LogP contribution in [0.3, 0.4) is 0 Å². The van der Waals surface area contributed by atoms with E-state index in [1.165, 1.54) is 0 Å². The molecule has 0 radical (unpaired) electrons. The van der Waals surface area contributed by atoms with E-state index in [-0.39, 0.29) is 31.4 Å². The molecule has 98 valence electrons. The van der Waals surface area contributed by atoms with E-state index in [0.717, 1.165) is 5.56 Å². The zero-order valence-corrected chi connectivity index (χ0v) is 11.3. The van der Waals surface area contributed by atoms with Gasteiger partial charge in [0, 0.05) is 12.4 Å². The first-order valence-corrected chi connectivity index (χ1v) is 5.55. The third-order valence-corrected chi connectivity index (χ3v) is 2.33. The molecule has 1 amide bonds. The molecule has 0 saturated carbocycles. The predicted octanol–water partition coefficient (Wildman–Crippen LogP) is -1.58. The van der Waals surface area contributed by atoms with Crippen LogP contribution in [0, 0.1) is 5.92 Å². The van der Waals surface area contributed by atoms with E-state index in [0.29, 0.717) is 0 Å². The van der Waals surface area contributed by atoms with Crippen molar-refractivity contribution >= 4 is 12.1 Å². The number of carbonyl (C=O) groups excluding carboxylic acids is 1. The smallest absolute Gasteiger partial charge is 0.480 e. The molecular formula is C12H16LiN2O4+. The quantitative estimate of drug-likeness (QED) is 0.623. The number of rotatable bonds is 5. The predicted molar refractivity (Wildman–Crippen MR) is 63.8 cm³/mol. The molecular weight excluding hydrogens is 243 g/mol. The second-order valence-corrected chi connectivity index (χ2v) is 4.14. The topological polar surface area (TPSA) is 88.5 Å². The van der Waals surface area contributed by atoms with Crippen molar-refractivity contribution in [2.45, 2.75) is 26.5 Å². The number of carboxylic acid groups (broad SMARTS) is 1. The Hall–Kier alpha value is -1.51. The molecule has 0 aliphatic carbocycles. The van der Waals surface area contributed by atoms with Crippen molar-refractivity contribution in [2.75, 3.05) is 0 Å². The summed E-state index contributed by atoms with van der Waals surface area (Å²) >= 11 is 0. The normalized spacial score (nSPS) is 11.3. The number of carboxylic acids is 1. The van der Waals surface area contributed by atoms with Crippen LogP contribution in [0.2, 0.25) is 0 Å². The van der Waals surface area contributed by atoms with E-state index in [1.54, 1.807) is 38.4 Å². The number of amides is 1. The van der Waals surface area contributed by atoms with Crippen molar-refractivity contribution in [3.8, 4) is 0 Å². The Labute approximate surface area is 123 Å². The van der Waals surface area contributed by atoms with Crippen molar-refractivity contribution in [2.24, 2.45) is 5.92 Å². The summed E-state index contributed by atoms with van der Waals surface area (Å²) < 4.78 is 4.92. The number of hydrogen-bond donors (Lipinski definition) is 2. The summed E-state index contributed by atoms with van der Waals surface area (Å²) in [6.45, 7) is 3.50. The molecule has 1 aromatic heterocycles. The van der Waals surface area contributed by atoms with Gasteiger partial charge in [-0.05, 0) is 23.6 Å². The maximum absolute atomic E-state index is 11.4. The number of hydrogen-bond acceptors (Lipinski definition) is 4. The summed E-state index contributed by atoms with van der Waals surface area (Å²) in [4.78, 5) is 26.1. The first-order valence-electron chi connectivity index (χ1n) is 5.55. The summed E-state index contributed by atoms with van der Waals surface area (Å²) in [6, 6.07) is 2.48. The molecule has 1 heterocycles. The number of pyridine rings is 1. The fraction of sp³-hybridized carbons (Fsp3) is 0.417. The number of nitrogens with one attached hydrogen (secondary N) is 1. The van der Waals surface area contributed by atoms with Crippen LogP contribution in [0.1, 0.15) is 19.4 Å². The Kier molecular flexibility index (Phi) is 7.88. The van der Waals surface area contributed by atoms with E-state index in [2.05, 4.69) is 10.3 Å². The molecule has 6 nitrogen and oxygen atoms in total. The molecule has 0 bridgehead atoms. The average molecular weight is 259 g/mol. The molecule has 1 unspecified atom stereocenters. The van der Waals surface area contributed by atoms with Gasteiger partial charge in [0.15, 0.2) is 0 Å². The van der Waals surface area contributed by atoms with E-state index in [4.69, 9.17) is 9.84 Å².